The second kappa shape index (κ2) is 5.83. The lowest BCUT2D eigenvalue weighted by Crippen LogP contribution is -2.38. The van der Waals surface area contributed by atoms with E-state index in [9.17, 15) is 4.79 Å². The van der Waals surface area contributed by atoms with Crippen LogP contribution in [0.3, 0.4) is 0 Å². The summed E-state index contributed by atoms with van der Waals surface area (Å²) in [7, 11) is 0. The molecule has 1 saturated heterocycles. The van der Waals surface area contributed by atoms with E-state index in [-0.39, 0.29) is 11.9 Å². The molecule has 4 heterocycles. The lowest BCUT2D eigenvalue weighted by Gasteiger charge is -2.35. The third kappa shape index (κ3) is 2.59. The molecule has 5 nitrogen and oxygen atoms in total. The Balaban J connectivity index is 1.67. The summed E-state index contributed by atoms with van der Waals surface area (Å²) < 4.78 is 1.89. The average molecular weight is 306 g/mol. The van der Waals surface area contributed by atoms with E-state index in [0.29, 0.717) is 5.69 Å². The van der Waals surface area contributed by atoms with Crippen LogP contribution in [0.15, 0.2) is 55.1 Å². The fraction of sp³-hybridized carbons (Fsp3) is 0.278. The Labute approximate surface area is 134 Å². The van der Waals surface area contributed by atoms with Crippen molar-refractivity contribution in [1.29, 1.82) is 0 Å². The smallest absolute Gasteiger partial charge is 0.274 e. The summed E-state index contributed by atoms with van der Waals surface area (Å²) in [4.78, 5) is 23.6. The number of fused-ring (bicyclic) bond motifs is 1. The number of likely N-dealkylation sites (tertiary alicyclic amines) is 1. The monoisotopic (exact) mass is 306 g/mol. The molecule has 116 valence electrons. The number of aromatic nitrogens is 3. The SMILES string of the molecule is O=C(c1cn2ccccc2n1)N1CCCCC1c1cccnc1. The van der Waals surface area contributed by atoms with E-state index in [0.717, 1.165) is 37.0 Å². The summed E-state index contributed by atoms with van der Waals surface area (Å²) in [6.45, 7) is 0.770. The van der Waals surface area contributed by atoms with Gasteiger partial charge in [-0.15, -0.1) is 0 Å². The number of carbonyl (C=O) groups excluding carboxylic acids is 1. The minimum absolute atomic E-state index is 0.00209. The standard InChI is InChI=1S/C18H18N4O/c23-18(15-13-21-10-3-2-8-17(21)20-15)22-11-4-1-7-16(22)14-6-5-9-19-12-14/h2-3,5-6,8-10,12-13,16H,1,4,7,11H2. The van der Waals surface area contributed by atoms with Crippen molar-refractivity contribution in [3.8, 4) is 0 Å². The van der Waals surface area contributed by atoms with Gasteiger partial charge in [-0.1, -0.05) is 12.1 Å². The van der Waals surface area contributed by atoms with E-state index in [2.05, 4.69) is 9.97 Å². The summed E-state index contributed by atoms with van der Waals surface area (Å²) in [6, 6.07) is 9.84. The second-order valence-electron chi connectivity index (χ2n) is 5.89. The number of hydrogen-bond donors (Lipinski definition) is 0. The maximum Gasteiger partial charge on any atom is 0.274 e. The maximum atomic E-state index is 13.0. The topological polar surface area (TPSA) is 50.5 Å². The molecule has 5 heteroatoms. The first-order valence-corrected chi connectivity index (χ1v) is 7.97. The fourth-order valence-corrected chi connectivity index (χ4v) is 3.28. The molecule has 1 aliphatic rings. The number of nitrogens with zero attached hydrogens (tertiary/aromatic N) is 4. The van der Waals surface area contributed by atoms with Crippen LogP contribution >= 0.6 is 0 Å². The summed E-state index contributed by atoms with van der Waals surface area (Å²) in [5, 5.41) is 0. The van der Waals surface area contributed by atoms with Crippen LogP contribution in [-0.4, -0.2) is 31.7 Å². The molecule has 0 bridgehead atoms. The van der Waals surface area contributed by atoms with Crippen LogP contribution in [-0.2, 0) is 0 Å². The number of amides is 1. The Morgan fingerprint density at radius 2 is 2.13 bits per heavy atom. The molecule has 23 heavy (non-hydrogen) atoms. The minimum Gasteiger partial charge on any atom is -0.330 e. The highest BCUT2D eigenvalue weighted by atomic mass is 16.2. The highest BCUT2D eigenvalue weighted by Crippen LogP contribution is 2.31. The van der Waals surface area contributed by atoms with Gasteiger partial charge in [-0.25, -0.2) is 4.98 Å². The van der Waals surface area contributed by atoms with Gasteiger partial charge in [0.2, 0.25) is 0 Å². The molecule has 1 fully saturated rings. The van der Waals surface area contributed by atoms with Crippen molar-refractivity contribution < 1.29 is 4.79 Å². The van der Waals surface area contributed by atoms with Crippen molar-refractivity contribution in [2.45, 2.75) is 25.3 Å². The van der Waals surface area contributed by atoms with Gasteiger partial charge >= 0.3 is 0 Å². The summed E-state index contributed by atoms with van der Waals surface area (Å²) >= 11 is 0. The second-order valence-corrected chi connectivity index (χ2v) is 5.89. The predicted octanol–water partition coefficient (Wildman–Crippen LogP) is 3.10. The molecule has 0 saturated carbocycles. The van der Waals surface area contributed by atoms with Gasteiger partial charge in [0.25, 0.3) is 5.91 Å². The third-order valence-corrected chi connectivity index (χ3v) is 4.42. The highest BCUT2D eigenvalue weighted by molar-refractivity contribution is 5.93. The van der Waals surface area contributed by atoms with Crippen molar-refractivity contribution in [3.05, 3.63) is 66.4 Å². The molecular formula is C18H18N4O. The Kier molecular flexibility index (Phi) is 3.54. The summed E-state index contributed by atoms with van der Waals surface area (Å²) in [5.41, 5.74) is 2.40. The number of imidazole rings is 1. The number of pyridine rings is 2. The molecule has 0 spiro atoms. The zero-order valence-corrected chi connectivity index (χ0v) is 12.8. The van der Waals surface area contributed by atoms with Crippen molar-refractivity contribution in [3.63, 3.8) is 0 Å². The zero-order valence-electron chi connectivity index (χ0n) is 12.8. The van der Waals surface area contributed by atoms with Crippen LogP contribution in [0, 0.1) is 0 Å². The summed E-state index contributed by atoms with van der Waals surface area (Å²) in [6.07, 6.45) is 10.5. The molecule has 1 aliphatic heterocycles. The van der Waals surface area contributed by atoms with E-state index in [1.54, 1.807) is 6.20 Å². The lowest BCUT2D eigenvalue weighted by molar-refractivity contribution is 0.0606. The van der Waals surface area contributed by atoms with Gasteiger partial charge in [-0.3, -0.25) is 9.78 Å². The Morgan fingerprint density at radius 3 is 2.96 bits per heavy atom. The third-order valence-electron chi connectivity index (χ3n) is 4.42. The molecule has 3 aromatic rings. The fourth-order valence-electron chi connectivity index (χ4n) is 3.28. The van der Waals surface area contributed by atoms with Crippen LogP contribution in [0.25, 0.3) is 5.65 Å². The van der Waals surface area contributed by atoms with Crippen LogP contribution < -0.4 is 0 Å². The Bertz CT molecular complexity index is 794. The van der Waals surface area contributed by atoms with Crippen molar-refractivity contribution in [1.82, 2.24) is 19.3 Å². The molecule has 0 radical (unpaired) electrons. The minimum atomic E-state index is 0.00209. The van der Waals surface area contributed by atoms with Gasteiger partial charge < -0.3 is 9.30 Å². The molecule has 0 N–H and O–H groups in total. The highest BCUT2D eigenvalue weighted by Gasteiger charge is 2.30. The van der Waals surface area contributed by atoms with Gasteiger partial charge in [-0.2, -0.15) is 0 Å². The van der Waals surface area contributed by atoms with E-state index in [1.807, 2.05) is 58.2 Å². The van der Waals surface area contributed by atoms with E-state index >= 15 is 0 Å². The number of hydrogen-bond acceptors (Lipinski definition) is 3. The summed E-state index contributed by atoms with van der Waals surface area (Å²) in [5.74, 6) is 0.00209. The number of rotatable bonds is 2. The van der Waals surface area contributed by atoms with Gasteiger partial charge in [0.15, 0.2) is 0 Å². The molecular weight excluding hydrogens is 288 g/mol. The van der Waals surface area contributed by atoms with E-state index in [4.69, 9.17) is 0 Å². The van der Waals surface area contributed by atoms with Crippen molar-refractivity contribution in [2.24, 2.45) is 0 Å². The quantitative estimate of drug-likeness (QED) is 0.731. The van der Waals surface area contributed by atoms with Crippen molar-refractivity contribution in [2.75, 3.05) is 6.54 Å². The first kappa shape index (κ1) is 13.9. The van der Waals surface area contributed by atoms with Crippen LogP contribution in [0.4, 0.5) is 0 Å². The maximum absolute atomic E-state index is 13.0. The van der Waals surface area contributed by atoms with Crippen LogP contribution in [0.1, 0.15) is 41.4 Å². The normalized spacial score (nSPS) is 18.3. The van der Waals surface area contributed by atoms with Crippen LogP contribution in [0.2, 0.25) is 0 Å². The first-order chi connectivity index (χ1) is 11.3. The van der Waals surface area contributed by atoms with E-state index < -0.39 is 0 Å². The lowest BCUT2D eigenvalue weighted by atomic mass is 9.96. The molecule has 3 aromatic heterocycles. The average Bonchev–Trinajstić information content (AvgIpc) is 3.06. The molecule has 1 unspecified atom stereocenters. The van der Waals surface area contributed by atoms with Gasteiger partial charge in [0, 0.05) is 31.3 Å². The Hall–Kier alpha value is -2.69. The first-order valence-electron chi connectivity index (χ1n) is 7.97. The molecule has 1 amide bonds. The molecule has 0 aromatic carbocycles. The van der Waals surface area contributed by atoms with Crippen molar-refractivity contribution >= 4 is 11.6 Å². The predicted molar refractivity (Wildman–Crippen MR) is 87.1 cm³/mol. The molecule has 0 aliphatic carbocycles. The zero-order chi connectivity index (χ0) is 15.6. The molecule has 4 rings (SSSR count). The van der Waals surface area contributed by atoms with Gasteiger partial charge in [0.05, 0.1) is 6.04 Å². The number of piperidine rings is 1. The van der Waals surface area contributed by atoms with E-state index in [1.165, 1.54) is 0 Å². The van der Waals surface area contributed by atoms with Crippen LogP contribution in [0.5, 0.6) is 0 Å². The van der Waals surface area contributed by atoms with Gasteiger partial charge in [0.1, 0.15) is 11.3 Å². The number of carbonyl (C=O) groups is 1. The Morgan fingerprint density at radius 1 is 1.17 bits per heavy atom. The molecule has 1 atom stereocenters. The van der Waals surface area contributed by atoms with Gasteiger partial charge in [-0.05, 0) is 43.0 Å². The largest absolute Gasteiger partial charge is 0.330 e.